The third-order valence-corrected chi connectivity index (χ3v) is 8.21. The molecule has 0 aliphatic rings. The number of H-pyrrole nitrogens is 2. The zero-order valence-corrected chi connectivity index (χ0v) is 19.7. The van der Waals surface area contributed by atoms with E-state index in [1.807, 2.05) is 38.1 Å². The van der Waals surface area contributed by atoms with Crippen molar-refractivity contribution in [3.8, 4) is 0 Å². The summed E-state index contributed by atoms with van der Waals surface area (Å²) in [6.45, 7) is 12.5. The average molecular weight is 439 g/mol. The molecule has 0 saturated heterocycles. The molecule has 156 valence electrons. The number of aromatic amines is 2. The molecule has 0 aliphatic heterocycles. The number of nitrogens with one attached hydrogen (secondary N) is 2. The van der Waals surface area contributed by atoms with Gasteiger partial charge in [-0.05, 0) is 36.1 Å². The zero-order chi connectivity index (χ0) is 21.7. The molecule has 0 spiro atoms. The number of hydrogen-bond donors (Lipinski definition) is 2. The second kappa shape index (κ2) is 7.67. The van der Waals surface area contributed by atoms with Crippen LogP contribution in [-0.2, 0) is 0 Å². The number of benzene rings is 1. The van der Waals surface area contributed by atoms with Crippen LogP contribution in [0.3, 0.4) is 0 Å². The van der Waals surface area contributed by atoms with Crippen LogP contribution in [0.2, 0.25) is 0 Å². The highest BCUT2D eigenvalue weighted by Gasteiger charge is 2.16. The standard InChI is InChI=1S/C22H20N2O2S2.C2H6/c1-9(2)17-7-13-19(27-17)11-5-16-12(6-15(11)23-21(13)25)20-14(22(26)24-16)8-18(28-20)10(3)4;1-2/h5-10H,1-4H3,(H,23,25)(H,24,26);1-2H3. The summed E-state index contributed by atoms with van der Waals surface area (Å²) in [6, 6.07) is 8.01. The van der Waals surface area contributed by atoms with Gasteiger partial charge in [-0.3, -0.25) is 9.59 Å². The summed E-state index contributed by atoms with van der Waals surface area (Å²) in [4.78, 5) is 33.8. The first-order chi connectivity index (χ1) is 14.3. The summed E-state index contributed by atoms with van der Waals surface area (Å²) < 4.78 is 1.97. The number of fused-ring (bicyclic) bond motifs is 6. The largest absolute Gasteiger partial charge is 0.321 e. The third kappa shape index (κ3) is 3.19. The van der Waals surface area contributed by atoms with Crippen LogP contribution in [0.15, 0.2) is 33.9 Å². The second-order valence-electron chi connectivity index (χ2n) is 7.94. The number of rotatable bonds is 2. The maximum absolute atomic E-state index is 12.7. The summed E-state index contributed by atoms with van der Waals surface area (Å²) in [7, 11) is 0. The zero-order valence-electron chi connectivity index (χ0n) is 18.1. The fraction of sp³-hybridized carbons (Fsp3) is 0.333. The van der Waals surface area contributed by atoms with E-state index >= 15 is 0 Å². The Bertz CT molecular complexity index is 1400. The lowest BCUT2D eigenvalue weighted by atomic mass is 10.1. The monoisotopic (exact) mass is 438 g/mol. The van der Waals surface area contributed by atoms with E-state index in [4.69, 9.17) is 0 Å². The van der Waals surface area contributed by atoms with Crippen LogP contribution >= 0.6 is 22.7 Å². The molecule has 0 atom stereocenters. The van der Waals surface area contributed by atoms with Crippen molar-refractivity contribution in [2.75, 3.05) is 0 Å². The van der Waals surface area contributed by atoms with Gasteiger partial charge in [-0.2, -0.15) is 0 Å². The third-order valence-electron chi connectivity index (χ3n) is 5.27. The molecule has 0 fully saturated rings. The average Bonchev–Trinajstić information content (AvgIpc) is 3.35. The highest BCUT2D eigenvalue weighted by atomic mass is 32.1. The molecule has 6 heteroatoms. The Morgan fingerprint density at radius 2 is 1.00 bits per heavy atom. The molecule has 0 unspecified atom stereocenters. The first-order valence-corrected chi connectivity index (χ1v) is 12.1. The quantitative estimate of drug-likeness (QED) is 0.289. The van der Waals surface area contributed by atoms with Crippen LogP contribution in [0.1, 0.15) is 63.1 Å². The molecule has 0 radical (unpaired) electrons. The van der Waals surface area contributed by atoms with E-state index in [1.54, 1.807) is 22.7 Å². The Labute approximate surface area is 182 Å². The van der Waals surface area contributed by atoms with Gasteiger partial charge in [0.1, 0.15) is 0 Å². The van der Waals surface area contributed by atoms with Gasteiger partial charge in [0, 0.05) is 29.9 Å². The molecule has 2 N–H and O–H groups in total. The minimum atomic E-state index is -0.0558. The molecule has 0 amide bonds. The van der Waals surface area contributed by atoms with Gasteiger partial charge in [0.05, 0.1) is 21.8 Å². The highest BCUT2D eigenvalue weighted by molar-refractivity contribution is 7.20. The van der Waals surface area contributed by atoms with E-state index in [0.29, 0.717) is 11.8 Å². The van der Waals surface area contributed by atoms with Crippen LogP contribution in [0.5, 0.6) is 0 Å². The maximum atomic E-state index is 12.7. The molecular weight excluding hydrogens is 412 g/mol. The highest BCUT2D eigenvalue weighted by Crippen LogP contribution is 2.37. The van der Waals surface area contributed by atoms with Crippen LogP contribution in [-0.4, -0.2) is 9.97 Å². The van der Waals surface area contributed by atoms with E-state index in [1.165, 1.54) is 9.75 Å². The van der Waals surface area contributed by atoms with Crippen molar-refractivity contribution in [2.24, 2.45) is 0 Å². The van der Waals surface area contributed by atoms with Gasteiger partial charge in [0.2, 0.25) is 0 Å². The molecule has 4 nitrogen and oxygen atoms in total. The predicted octanol–water partition coefficient (Wildman–Crippen LogP) is 7.07. The first kappa shape index (κ1) is 20.8. The normalized spacial score (nSPS) is 11.9. The molecule has 4 aromatic heterocycles. The summed E-state index contributed by atoms with van der Waals surface area (Å²) in [6.07, 6.45) is 0. The molecule has 0 saturated carbocycles. The molecule has 1 aromatic carbocycles. The fourth-order valence-corrected chi connectivity index (χ4v) is 6.07. The summed E-state index contributed by atoms with van der Waals surface area (Å²) in [5.41, 5.74) is 1.52. The van der Waals surface area contributed by atoms with E-state index in [9.17, 15) is 9.59 Å². The second-order valence-corrected chi connectivity index (χ2v) is 10.1. The molecular formula is C24H26N2O2S2. The van der Waals surface area contributed by atoms with Crippen molar-refractivity contribution in [3.05, 3.63) is 54.7 Å². The lowest BCUT2D eigenvalue weighted by Gasteiger charge is -2.05. The summed E-state index contributed by atoms with van der Waals surface area (Å²) in [5.74, 6) is 0.736. The molecule has 5 rings (SSSR count). The van der Waals surface area contributed by atoms with Gasteiger partial charge < -0.3 is 9.97 Å². The SMILES string of the molecule is CC.CC(C)c1cc2c(=O)[nH]c3cc4c(cc3c2s1)[nH]c(=O)c1cc(C(C)C)sc14. The fourth-order valence-electron chi connectivity index (χ4n) is 3.69. The van der Waals surface area contributed by atoms with Crippen LogP contribution < -0.4 is 11.1 Å². The Kier molecular flexibility index (Phi) is 5.32. The van der Waals surface area contributed by atoms with Gasteiger partial charge in [-0.25, -0.2) is 0 Å². The minimum Gasteiger partial charge on any atom is -0.321 e. The van der Waals surface area contributed by atoms with Gasteiger partial charge in [0.25, 0.3) is 11.1 Å². The van der Waals surface area contributed by atoms with Crippen molar-refractivity contribution in [1.29, 1.82) is 0 Å². The van der Waals surface area contributed by atoms with Gasteiger partial charge >= 0.3 is 0 Å². The van der Waals surface area contributed by atoms with Gasteiger partial charge in [0.15, 0.2) is 0 Å². The van der Waals surface area contributed by atoms with Gasteiger partial charge in [-0.1, -0.05) is 41.5 Å². The Hall–Kier alpha value is -2.44. The minimum absolute atomic E-state index is 0.0558. The van der Waals surface area contributed by atoms with Crippen molar-refractivity contribution < 1.29 is 0 Å². The Morgan fingerprint density at radius 3 is 1.33 bits per heavy atom. The lowest BCUT2D eigenvalue weighted by Crippen LogP contribution is -2.07. The summed E-state index contributed by atoms with van der Waals surface area (Å²) in [5, 5.41) is 3.41. The first-order valence-electron chi connectivity index (χ1n) is 10.4. The van der Waals surface area contributed by atoms with Gasteiger partial charge in [-0.15, -0.1) is 22.7 Å². The van der Waals surface area contributed by atoms with E-state index in [0.717, 1.165) is 42.0 Å². The van der Waals surface area contributed by atoms with E-state index < -0.39 is 0 Å². The van der Waals surface area contributed by atoms with E-state index in [2.05, 4.69) is 37.7 Å². The van der Waals surface area contributed by atoms with Crippen LogP contribution in [0.4, 0.5) is 0 Å². The van der Waals surface area contributed by atoms with Crippen molar-refractivity contribution in [1.82, 2.24) is 9.97 Å². The maximum Gasteiger partial charge on any atom is 0.257 e. The lowest BCUT2D eigenvalue weighted by molar-refractivity contribution is 0.890. The van der Waals surface area contributed by atoms with E-state index in [-0.39, 0.29) is 11.1 Å². The predicted molar refractivity (Wildman–Crippen MR) is 133 cm³/mol. The molecule has 30 heavy (non-hydrogen) atoms. The number of pyridine rings is 2. The summed E-state index contributed by atoms with van der Waals surface area (Å²) >= 11 is 3.33. The molecule has 0 bridgehead atoms. The molecule has 0 aliphatic carbocycles. The number of hydrogen-bond acceptors (Lipinski definition) is 4. The molecule has 5 aromatic rings. The van der Waals surface area contributed by atoms with Crippen molar-refractivity contribution in [2.45, 2.75) is 53.4 Å². The van der Waals surface area contributed by atoms with Crippen LogP contribution in [0, 0.1) is 0 Å². The van der Waals surface area contributed by atoms with Crippen molar-refractivity contribution in [3.63, 3.8) is 0 Å². The topological polar surface area (TPSA) is 65.7 Å². The smallest absolute Gasteiger partial charge is 0.257 e. The Balaban J connectivity index is 0.00000106. The molecule has 4 heterocycles. The van der Waals surface area contributed by atoms with Crippen LogP contribution in [0.25, 0.3) is 42.0 Å². The Morgan fingerprint density at radius 1 is 0.633 bits per heavy atom. The van der Waals surface area contributed by atoms with Crippen molar-refractivity contribution >= 4 is 64.7 Å². The number of thiophene rings is 2. The number of aromatic nitrogens is 2.